The van der Waals surface area contributed by atoms with Crippen molar-refractivity contribution in [2.75, 3.05) is 6.61 Å². The average molecular weight is 487 g/mol. The van der Waals surface area contributed by atoms with Gasteiger partial charge in [0.25, 0.3) is 5.91 Å². The molecule has 0 atom stereocenters. The van der Waals surface area contributed by atoms with Crippen molar-refractivity contribution in [3.05, 3.63) is 82.1 Å². The van der Waals surface area contributed by atoms with Gasteiger partial charge < -0.3 is 14.5 Å². The molecule has 1 amide bonds. The van der Waals surface area contributed by atoms with Gasteiger partial charge in [0.05, 0.1) is 25.0 Å². The third kappa shape index (κ3) is 5.17. The number of ether oxygens (including phenoxy) is 1. The summed E-state index contributed by atoms with van der Waals surface area (Å²) < 4.78 is 11.5. The van der Waals surface area contributed by atoms with Crippen LogP contribution >= 0.6 is 11.3 Å². The number of hydrogen-bond donors (Lipinski definition) is 1. The van der Waals surface area contributed by atoms with E-state index in [0.29, 0.717) is 18.7 Å². The summed E-state index contributed by atoms with van der Waals surface area (Å²) in [5.41, 5.74) is 2.82. The zero-order valence-corrected chi connectivity index (χ0v) is 20.8. The van der Waals surface area contributed by atoms with Crippen LogP contribution in [0.2, 0.25) is 0 Å². The highest BCUT2D eigenvalue weighted by atomic mass is 32.1. The van der Waals surface area contributed by atoms with Crippen molar-refractivity contribution < 1.29 is 13.9 Å². The second kappa shape index (κ2) is 10.9. The van der Waals surface area contributed by atoms with Gasteiger partial charge in [-0.15, -0.1) is 11.3 Å². The van der Waals surface area contributed by atoms with Crippen LogP contribution in [0, 0.1) is 0 Å². The molecule has 5 nitrogen and oxygen atoms in total. The summed E-state index contributed by atoms with van der Waals surface area (Å²) in [4.78, 5) is 19.5. The van der Waals surface area contributed by atoms with Crippen molar-refractivity contribution in [1.29, 1.82) is 0 Å². The number of aliphatic imine (C=N–C) groups is 1. The van der Waals surface area contributed by atoms with E-state index in [4.69, 9.17) is 14.1 Å². The lowest BCUT2D eigenvalue weighted by Crippen LogP contribution is -2.23. The molecule has 1 N–H and O–H groups in total. The number of furan rings is 1. The van der Waals surface area contributed by atoms with E-state index >= 15 is 0 Å². The van der Waals surface area contributed by atoms with Crippen molar-refractivity contribution in [2.24, 2.45) is 4.99 Å². The molecule has 0 saturated carbocycles. The number of aryl methyl sites for hydroxylation is 1. The molecule has 6 heteroatoms. The fraction of sp³-hybridized carbons (Fsp3) is 0.310. The Balaban J connectivity index is 1.50. The zero-order chi connectivity index (χ0) is 24.0. The Morgan fingerprint density at radius 1 is 1.14 bits per heavy atom. The second-order valence-electron chi connectivity index (χ2n) is 8.81. The smallest absolute Gasteiger partial charge is 0.255 e. The van der Waals surface area contributed by atoms with E-state index in [0.717, 1.165) is 76.9 Å². The highest BCUT2D eigenvalue weighted by Gasteiger charge is 2.25. The molecule has 180 valence electrons. The molecular formula is C29H30N2O3S. The molecule has 0 aliphatic heterocycles. The molecule has 0 spiro atoms. The SMILES string of the molecule is CCCCOc1ccc2ccccc2c1C=Nc1sc2c(c1C(=O)NCc1ccco1)CCCC2. The van der Waals surface area contributed by atoms with E-state index in [1.54, 1.807) is 17.6 Å². The van der Waals surface area contributed by atoms with E-state index in [1.807, 2.05) is 36.5 Å². The van der Waals surface area contributed by atoms with E-state index in [2.05, 4.69) is 30.4 Å². The molecule has 5 rings (SSSR count). The minimum Gasteiger partial charge on any atom is -0.493 e. The summed E-state index contributed by atoms with van der Waals surface area (Å²) in [6, 6.07) is 16.1. The normalized spacial score (nSPS) is 13.3. The van der Waals surface area contributed by atoms with Gasteiger partial charge in [0.15, 0.2) is 0 Å². The Morgan fingerprint density at radius 2 is 2.03 bits per heavy atom. The summed E-state index contributed by atoms with van der Waals surface area (Å²) in [5.74, 6) is 1.47. The molecule has 2 aromatic carbocycles. The monoisotopic (exact) mass is 486 g/mol. The standard InChI is InChI=1S/C29H30N2O3S/c1-2-3-16-34-25-15-14-20-9-4-5-11-22(20)24(25)19-31-29-27(23-12-6-7-13-26(23)35-29)28(32)30-18-21-10-8-17-33-21/h4-5,8-11,14-15,17,19H,2-3,6-7,12-13,16,18H2,1H3,(H,30,32). The minimum atomic E-state index is -0.0923. The number of nitrogens with one attached hydrogen (secondary N) is 1. The van der Waals surface area contributed by atoms with Crippen molar-refractivity contribution in [3.8, 4) is 5.75 Å². The predicted octanol–water partition coefficient (Wildman–Crippen LogP) is 7.23. The molecule has 0 radical (unpaired) electrons. The molecule has 2 aromatic heterocycles. The summed E-state index contributed by atoms with van der Waals surface area (Å²) >= 11 is 1.64. The molecule has 1 aliphatic carbocycles. The number of nitrogens with zero attached hydrogens (tertiary/aromatic N) is 1. The van der Waals surface area contributed by atoms with Crippen LogP contribution in [0.4, 0.5) is 5.00 Å². The predicted molar refractivity (Wildman–Crippen MR) is 142 cm³/mol. The fourth-order valence-corrected chi connectivity index (χ4v) is 5.76. The highest BCUT2D eigenvalue weighted by Crippen LogP contribution is 2.40. The van der Waals surface area contributed by atoms with Gasteiger partial charge >= 0.3 is 0 Å². The van der Waals surface area contributed by atoms with E-state index in [-0.39, 0.29) is 5.91 Å². The second-order valence-corrected chi connectivity index (χ2v) is 9.90. The quantitative estimate of drug-likeness (QED) is 0.200. The van der Waals surface area contributed by atoms with Crippen LogP contribution in [0.3, 0.4) is 0 Å². The summed E-state index contributed by atoms with van der Waals surface area (Å²) in [6.07, 6.45) is 9.76. The number of hydrogen-bond acceptors (Lipinski definition) is 5. The van der Waals surface area contributed by atoms with E-state index < -0.39 is 0 Å². The fourth-order valence-electron chi connectivity index (χ4n) is 4.53. The zero-order valence-electron chi connectivity index (χ0n) is 20.0. The molecule has 0 fully saturated rings. The van der Waals surface area contributed by atoms with Gasteiger partial charge in [-0.05, 0) is 66.6 Å². The number of unbranched alkanes of at least 4 members (excludes halogenated alkanes) is 1. The highest BCUT2D eigenvalue weighted by molar-refractivity contribution is 7.16. The third-order valence-electron chi connectivity index (χ3n) is 6.38. The Hall–Kier alpha value is -3.38. The van der Waals surface area contributed by atoms with E-state index in [1.165, 1.54) is 4.88 Å². The summed E-state index contributed by atoms with van der Waals surface area (Å²) in [6.45, 7) is 3.19. The maximum absolute atomic E-state index is 13.3. The Labute approximate surface area is 209 Å². The molecule has 0 bridgehead atoms. The van der Waals surface area contributed by atoms with Crippen LogP contribution in [-0.4, -0.2) is 18.7 Å². The maximum Gasteiger partial charge on any atom is 0.255 e. The van der Waals surface area contributed by atoms with E-state index in [9.17, 15) is 4.79 Å². The molecule has 2 heterocycles. The minimum absolute atomic E-state index is 0.0923. The Morgan fingerprint density at radius 3 is 2.89 bits per heavy atom. The van der Waals surface area contributed by atoms with Crippen LogP contribution in [0.5, 0.6) is 5.75 Å². The molecule has 4 aromatic rings. The molecule has 1 aliphatic rings. The largest absolute Gasteiger partial charge is 0.493 e. The van der Waals surface area contributed by atoms with Crippen LogP contribution in [0.25, 0.3) is 10.8 Å². The van der Waals surface area contributed by atoms with Gasteiger partial charge in [0.1, 0.15) is 16.5 Å². The molecule has 0 unspecified atom stereocenters. The number of fused-ring (bicyclic) bond motifs is 2. The van der Waals surface area contributed by atoms with Crippen molar-refractivity contribution >= 4 is 39.2 Å². The van der Waals surface area contributed by atoms with Crippen molar-refractivity contribution in [3.63, 3.8) is 0 Å². The molecule has 0 saturated heterocycles. The first kappa shape index (κ1) is 23.4. The van der Waals surface area contributed by atoms with Crippen molar-refractivity contribution in [1.82, 2.24) is 5.32 Å². The first-order chi connectivity index (χ1) is 17.2. The van der Waals surface area contributed by atoms with Crippen LogP contribution in [0.15, 0.2) is 64.2 Å². The molecular weight excluding hydrogens is 456 g/mol. The van der Waals surface area contributed by atoms with Crippen LogP contribution in [-0.2, 0) is 19.4 Å². The van der Waals surface area contributed by atoms with Crippen LogP contribution < -0.4 is 10.1 Å². The van der Waals surface area contributed by atoms with Gasteiger partial charge in [-0.25, -0.2) is 4.99 Å². The lowest BCUT2D eigenvalue weighted by atomic mass is 9.95. The van der Waals surface area contributed by atoms with Gasteiger partial charge in [-0.1, -0.05) is 43.7 Å². The molecule has 35 heavy (non-hydrogen) atoms. The maximum atomic E-state index is 13.3. The topological polar surface area (TPSA) is 63.8 Å². The number of benzene rings is 2. The number of carbonyl (C=O) groups is 1. The average Bonchev–Trinajstić information content (AvgIpc) is 3.54. The lowest BCUT2D eigenvalue weighted by molar-refractivity contribution is 0.0948. The first-order valence-corrected chi connectivity index (χ1v) is 13.2. The number of thiophene rings is 1. The Bertz CT molecular complexity index is 1340. The summed E-state index contributed by atoms with van der Waals surface area (Å²) in [7, 11) is 0. The third-order valence-corrected chi connectivity index (χ3v) is 7.58. The van der Waals surface area contributed by atoms with Gasteiger partial charge in [0.2, 0.25) is 0 Å². The Kier molecular flexibility index (Phi) is 7.28. The first-order valence-electron chi connectivity index (χ1n) is 12.4. The number of amides is 1. The van der Waals surface area contributed by atoms with Gasteiger partial charge in [-0.2, -0.15) is 0 Å². The lowest BCUT2D eigenvalue weighted by Gasteiger charge is -2.12. The summed E-state index contributed by atoms with van der Waals surface area (Å²) in [5, 5.41) is 6.02. The van der Waals surface area contributed by atoms with Crippen LogP contribution in [0.1, 0.15) is 64.7 Å². The van der Waals surface area contributed by atoms with Gasteiger partial charge in [-0.3, -0.25) is 4.79 Å². The number of carbonyl (C=O) groups excluding carboxylic acids is 1. The number of rotatable bonds is 9. The van der Waals surface area contributed by atoms with Crippen molar-refractivity contribution in [2.45, 2.75) is 52.0 Å². The van der Waals surface area contributed by atoms with Gasteiger partial charge in [0, 0.05) is 16.7 Å².